The zero-order valence-corrected chi connectivity index (χ0v) is 11.6. The number of methoxy groups -OCH3 is 1. The van der Waals surface area contributed by atoms with E-state index in [0.717, 1.165) is 12.8 Å². The van der Waals surface area contributed by atoms with Crippen molar-refractivity contribution in [2.45, 2.75) is 37.8 Å². The van der Waals surface area contributed by atoms with Gasteiger partial charge in [-0.1, -0.05) is 30.5 Å². The van der Waals surface area contributed by atoms with E-state index in [9.17, 15) is 9.90 Å². The summed E-state index contributed by atoms with van der Waals surface area (Å²) in [4.78, 5) is 11.9. The van der Waals surface area contributed by atoms with Crippen LogP contribution in [0.1, 0.15) is 37.3 Å². The lowest BCUT2D eigenvalue weighted by Gasteiger charge is -2.21. The average molecular weight is 284 g/mol. The van der Waals surface area contributed by atoms with Crippen LogP contribution in [-0.4, -0.2) is 24.2 Å². The second-order valence-corrected chi connectivity index (χ2v) is 5.22. The van der Waals surface area contributed by atoms with Crippen LogP contribution in [0.3, 0.4) is 0 Å². The Morgan fingerprint density at radius 2 is 2.16 bits per heavy atom. The molecule has 0 bridgehead atoms. The number of benzene rings is 1. The summed E-state index contributed by atoms with van der Waals surface area (Å²) in [5.41, 5.74) is 0.710. The smallest absolute Gasteiger partial charge is 0.327 e. The molecule has 1 aliphatic carbocycles. The second-order valence-electron chi connectivity index (χ2n) is 4.82. The molecular weight excluding hydrogens is 266 g/mol. The Balaban J connectivity index is 2.20. The molecule has 2 rings (SSSR count). The lowest BCUT2D eigenvalue weighted by molar-refractivity contribution is -0.143. The van der Waals surface area contributed by atoms with Crippen molar-refractivity contribution in [1.29, 1.82) is 0 Å². The molecule has 0 heterocycles. The van der Waals surface area contributed by atoms with Gasteiger partial charge in [0.2, 0.25) is 0 Å². The number of phenolic OH excluding ortho intramolecular Hbond substituents is 1. The van der Waals surface area contributed by atoms with Gasteiger partial charge in [0.15, 0.2) is 0 Å². The van der Waals surface area contributed by atoms with Gasteiger partial charge in [0.05, 0.1) is 12.1 Å². The van der Waals surface area contributed by atoms with E-state index in [2.05, 4.69) is 5.32 Å². The molecule has 0 radical (unpaired) electrons. The van der Waals surface area contributed by atoms with Crippen molar-refractivity contribution in [3.05, 3.63) is 28.8 Å². The van der Waals surface area contributed by atoms with E-state index in [1.807, 2.05) is 0 Å². The molecule has 1 saturated carbocycles. The van der Waals surface area contributed by atoms with Crippen molar-refractivity contribution in [3.63, 3.8) is 0 Å². The number of nitrogens with one attached hydrogen (secondary N) is 1. The molecule has 1 atom stereocenters. The highest BCUT2D eigenvalue weighted by molar-refractivity contribution is 6.32. The van der Waals surface area contributed by atoms with E-state index in [1.165, 1.54) is 26.0 Å². The molecule has 1 aromatic rings. The van der Waals surface area contributed by atoms with Crippen molar-refractivity contribution in [2.75, 3.05) is 7.11 Å². The summed E-state index contributed by atoms with van der Waals surface area (Å²) in [6.07, 6.45) is 4.50. The number of carbonyl (C=O) groups excluding carboxylic acids is 1. The third-order valence-corrected chi connectivity index (χ3v) is 3.80. The number of phenols is 1. The van der Waals surface area contributed by atoms with Crippen molar-refractivity contribution in [3.8, 4) is 5.75 Å². The zero-order chi connectivity index (χ0) is 13.8. The number of carbonyl (C=O) groups is 1. The molecule has 4 nitrogen and oxygen atoms in total. The Kier molecular flexibility index (Phi) is 4.66. The number of esters is 1. The van der Waals surface area contributed by atoms with E-state index in [0.29, 0.717) is 11.6 Å². The van der Waals surface area contributed by atoms with Crippen LogP contribution in [0.2, 0.25) is 5.02 Å². The summed E-state index contributed by atoms with van der Waals surface area (Å²) in [7, 11) is 1.37. The predicted molar refractivity (Wildman–Crippen MR) is 73.3 cm³/mol. The van der Waals surface area contributed by atoms with Gasteiger partial charge in [-0.2, -0.15) is 0 Å². The standard InChI is InChI=1S/C14H18ClNO3/c1-19-14(18)13(16-10-4-2-3-5-10)9-6-7-12(17)11(15)8-9/h6-8,10,13,16-17H,2-5H2,1H3. The van der Waals surface area contributed by atoms with Crippen molar-refractivity contribution in [1.82, 2.24) is 5.32 Å². The number of halogens is 1. The molecule has 1 unspecified atom stereocenters. The quantitative estimate of drug-likeness (QED) is 0.834. The van der Waals surface area contributed by atoms with E-state index in [1.54, 1.807) is 12.1 Å². The summed E-state index contributed by atoms with van der Waals surface area (Å²) in [5.74, 6) is -0.330. The molecule has 0 aliphatic heterocycles. The first-order valence-electron chi connectivity index (χ1n) is 6.44. The first kappa shape index (κ1) is 14.2. The highest BCUT2D eigenvalue weighted by Gasteiger charge is 2.26. The average Bonchev–Trinajstić information content (AvgIpc) is 2.91. The summed E-state index contributed by atoms with van der Waals surface area (Å²) in [5, 5.41) is 13.0. The topological polar surface area (TPSA) is 58.6 Å². The SMILES string of the molecule is COC(=O)C(NC1CCCC1)c1ccc(O)c(Cl)c1. The largest absolute Gasteiger partial charge is 0.506 e. The van der Waals surface area contributed by atoms with Gasteiger partial charge in [-0.05, 0) is 30.5 Å². The van der Waals surface area contributed by atoms with Gasteiger partial charge in [0.1, 0.15) is 11.8 Å². The lowest BCUT2D eigenvalue weighted by Crippen LogP contribution is -2.36. The Morgan fingerprint density at radius 1 is 1.47 bits per heavy atom. The summed E-state index contributed by atoms with van der Waals surface area (Å²) < 4.78 is 4.84. The number of hydrogen-bond acceptors (Lipinski definition) is 4. The van der Waals surface area contributed by atoms with E-state index in [4.69, 9.17) is 16.3 Å². The predicted octanol–water partition coefficient (Wildman–Crippen LogP) is 2.79. The lowest BCUT2D eigenvalue weighted by atomic mass is 10.0. The maximum absolute atomic E-state index is 11.9. The van der Waals surface area contributed by atoms with Crippen molar-refractivity contribution >= 4 is 17.6 Å². The summed E-state index contributed by atoms with van der Waals surface area (Å²) >= 11 is 5.89. The molecule has 19 heavy (non-hydrogen) atoms. The van der Waals surface area contributed by atoms with Gasteiger partial charge in [0.25, 0.3) is 0 Å². The highest BCUT2D eigenvalue weighted by Crippen LogP contribution is 2.28. The van der Waals surface area contributed by atoms with E-state index >= 15 is 0 Å². The molecule has 5 heteroatoms. The molecule has 0 spiro atoms. The monoisotopic (exact) mass is 283 g/mol. The minimum atomic E-state index is -0.536. The Labute approximate surface area is 117 Å². The number of hydrogen-bond donors (Lipinski definition) is 2. The molecule has 0 amide bonds. The van der Waals surface area contributed by atoms with Gasteiger partial charge in [-0.3, -0.25) is 5.32 Å². The maximum Gasteiger partial charge on any atom is 0.327 e. The third kappa shape index (κ3) is 3.39. The third-order valence-electron chi connectivity index (χ3n) is 3.50. The van der Waals surface area contributed by atoms with Crippen molar-refractivity contribution < 1.29 is 14.6 Å². The minimum absolute atomic E-state index is 0.00917. The van der Waals surface area contributed by atoms with E-state index in [-0.39, 0.29) is 16.7 Å². The fraction of sp³-hybridized carbons (Fsp3) is 0.500. The number of ether oxygens (including phenoxy) is 1. The van der Waals surface area contributed by atoms with Crippen molar-refractivity contribution in [2.24, 2.45) is 0 Å². The molecule has 1 aliphatic rings. The van der Waals surface area contributed by atoms with Crippen LogP contribution in [0, 0.1) is 0 Å². The fourth-order valence-electron chi connectivity index (χ4n) is 2.45. The molecular formula is C14H18ClNO3. The first-order chi connectivity index (χ1) is 9.11. The molecule has 1 fully saturated rings. The van der Waals surface area contributed by atoms with Gasteiger partial charge in [0, 0.05) is 6.04 Å². The van der Waals surface area contributed by atoms with Crippen LogP contribution in [0.5, 0.6) is 5.75 Å². The molecule has 2 N–H and O–H groups in total. The van der Waals surface area contributed by atoms with E-state index < -0.39 is 6.04 Å². The van der Waals surface area contributed by atoms with Crippen LogP contribution in [0.4, 0.5) is 0 Å². The van der Waals surface area contributed by atoms with Gasteiger partial charge in [-0.15, -0.1) is 0 Å². The molecule has 0 aromatic heterocycles. The Bertz CT molecular complexity index is 458. The van der Waals surface area contributed by atoms with Crippen LogP contribution < -0.4 is 5.32 Å². The summed E-state index contributed by atoms with van der Waals surface area (Å²) in [6, 6.07) is 4.57. The van der Waals surface area contributed by atoms with Crippen LogP contribution in [0.15, 0.2) is 18.2 Å². The number of aromatic hydroxyl groups is 1. The normalized spacial score (nSPS) is 17.4. The zero-order valence-electron chi connectivity index (χ0n) is 10.9. The Morgan fingerprint density at radius 3 is 2.74 bits per heavy atom. The maximum atomic E-state index is 11.9. The van der Waals surface area contributed by atoms with Gasteiger partial charge < -0.3 is 9.84 Å². The second kappa shape index (κ2) is 6.26. The van der Waals surface area contributed by atoms with Gasteiger partial charge in [-0.25, -0.2) is 4.79 Å². The minimum Gasteiger partial charge on any atom is -0.506 e. The van der Waals surface area contributed by atoms with Crippen LogP contribution >= 0.6 is 11.6 Å². The molecule has 104 valence electrons. The molecule has 1 aromatic carbocycles. The molecule has 0 saturated heterocycles. The van der Waals surface area contributed by atoms with Crippen LogP contribution in [-0.2, 0) is 9.53 Å². The Hall–Kier alpha value is -1.26. The summed E-state index contributed by atoms with van der Waals surface area (Å²) in [6.45, 7) is 0. The number of rotatable bonds is 4. The van der Waals surface area contributed by atoms with Crippen LogP contribution in [0.25, 0.3) is 0 Å². The fourth-order valence-corrected chi connectivity index (χ4v) is 2.64. The highest BCUT2D eigenvalue weighted by atomic mass is 35.5. The first-order valence-corrected chi connectivity index (χ1v) is 6.82. The van der Waals surface area contributed by atoms with Gasteiger partial charge >= 0.3 is 5.97 Å².